The van der Waals surface area contributed by atoms with Crippen LogP contribution in [0.15, 0.2) is 65.1 Å². The molecule has 0 radical (unpaired) electrons. The van der Waals surface area contributed by atoms with E-state index in [0.717, 1.165) is 27.6 Å². The molecule has 2 aromatic carbocycles. The summed E-state index contributed by atoms with van der Waals surface area (Å²) >= 11 is 5.87. The summed E-state index contributed by atoms with van der Waals surface area (Å²) in [7, 11) is 0. The molecule has 0 unspecified atom stereocenters. The van der Waals surface area contributed by atoms with E-state index in [1.165, 1.54) is 0 Å². The van der Waals surface area contributed by atoms with Gasteiger partial charge in [-0.15, -0.1) is 0 Å². The van der Waals surface area contributed by atoms with Crippen molar-refractivity contribution >= 4 is 39.4 Å². The average Bonchev–Trinajstić information content (AvgIpc) is 3.02. The highest BCUT2D eigenvalue weighted by Gasteiger charge is 2.09. The number of pyridine rings is 1. The summed E-state index contributed by atoms with van der Waals surface area (Å²) < 4.78 is 5.70. The minimum absolute atomic E-state index is 0.160. The Bertz CT molecular complexity index is 1020. The van der Waals surface area contributed by atoms with E-state index in [9.17, 15) is 4.79 Å². The number of hydrogen-bond donors (Lipinski definition) is 1. The molecule has 1 amide bonds. The second kappa shape index (κ2) is 5.98. The van der Waals surface area contributed by atoms with Crippen LogP contribution in [-0.4, -0.2) is 10.9 Å². The monoisotopic (exact) mass is 336 g/mol. The number of benzene rings is 2. The van der Waals surface area contributed by atoms with E-state index in [4.69, 9.17) is 16.0 Å². The van der Waals surface area contributed by atoms with Gasteiger partial charge in [0.1, 0.15) is 16.5 Å². The van der Waals surface area contributed by atoms with Crippen LogP contribution in [0, 0.1) is 0 Å². The van der Waals surface area contributed by atoms with Crippen molar-refractivity contribution in [1.82, 2.24) is 10.3 Å². The maximum Gasteiger partial charge on any atom is 0.251 e. The van der Waals surface area contributed by atoms with Gasteiger partial charge in [0.2, 0.25) is 0 Å². The molecule has 0 bridgehead atoms. The van der Waals surface area contributed by atoms with Crippen LogP contribution < -0.4 is 5.32 Å². The molecule has 5 heteroatoms. The Kier molecular flexibility index (Phi) is 3.67. The Balaban J connectivity index is 1.52. The van der Waals surface area contributed by atoms with Gasteiger partial charge in [0.15, 0.2) is 0 Å². The number of hydrogen-bond acceptors (Lipinski definition) is 3. The Labute approximate surface area is 143 Å². The van der Waals surface area contributed by atoms with Crippen molar-refractivity contribution in [2.75, 3.05) is 0 Å². The third kappa shape index (κ3) is 2.84. The van der Waals surface area contributed by atoms with E-state index < -0.39 is 0 Å². The van der Waals surface area contributed by atoms with Crippen molar-refractivity contribution in [2.45, 2.75) is 6.54 Å². The smallest absolute Gasteiger partial charge is 0.251 e. The van der Waals surface area contributed by atoms with Gasteiger partial charge in [-0.05, 0) is 42.5 Å². The van der Waals surface area contributed by atoms with E-state index >= 15 is 0 Å². The molecular weight excluding hydrogens is 324 g/mol. The van der Waals surface area contributed by atoms with E-state index in [0.29, 0.717) is 17.3 Å². The van der Waals surface area contributed by atoms with Crippen LogP contribution in [0.1, 0.15) is 16.1 Å². The quantitative estimate of drug-likeness (QED) is 0.558. The molecule has 1 N–H and O–H groups in total. The van der Waals surface area contributed by atoms with E-state index in [1.807, 2.05) is 36.4 Å². The standard InChI is InChI=1S/C19H13ClN2O2/c20-18-8-6-12-9-14(5-7-16(12)22-18)19(23)21-11-15-10-13-3-1-2-4-17(13)24-15/h1-10H,11H2,(H,21,23). The summed E-state index contributed by atoms with van der Waals surface area (Å²) in [5, 5.41) is 5.20. The third-order valence-electron chi connectivity index (χ3n) is 3.82. The Morgan fingerprint density at radius 2 is 1.92 bits per heavy atom. The van der Waals surface area contributed by atoms with Crippen molar-refractivity contribution in [3.05, 3.63) is 77.1 Å². The summed E-state index contributed by atoms with van der Waals surface area (Å²) in [6.07, 6.45) is 0. The van der Waals surface area contributed by atoms with Gasteiger partial charge in [-0.25, -0.2) is 4.98 Å². The Morgan fingerprint density at radius 1 is 1.04 bits per heavy atom. The van der Waals surface area contributed by atoms with Crippen LogP contribution in [0.3, 0.4) is 0 Å². The summed E-state index contributed by atoms with van der Waals surface area (Å²) in [6, 6.07) is 18.6. The predicted molar refractivity (Wildman–Crippen MR) is 94.1 cm³/mol. The number of fused-ring (bicyclic) bond motifs is 2. The first-order valence-corrected chi connectivity index (χ1v) is 7.89. The van der Waals surface area contributed by atoms with Gasteiger partial charge in [-0.3, -0.25) is 4.79 Å². The second-order valence-corrected chi connectivity index (χ2v) is 5.86. The number of aromatic nitrogens is 1. The zero-order valence-corrected chi connectivity index (χ0v) is 13.4. The number of carbonyl (C=O) groups excluding carboxylic acids is 1. The highest BCUT2D eigenvalue weighted by atomic mass is 35.5. The van der Waals surface area contributed by atoms with E-state index in [-0.39, 0.29) is 5.91 Å². The van der Waals surface area contributed by atoms with Crippen LogP contribution in [0.2, 0.25) is 5.15 Å². The van der Waals surface area contributed by atoms with Crippen LogP contribution in [-0.2, 0) is 6.54 Å². The molecule has 4 aromatic rings. The van der Waals surface area contributed by atoms with Crippen molar-refractivity contribution in [2.24, 2.45) is 0 Å². The van der Waals surface area contributed by atoms with E-state index in [2.05, 4.69) is 10.3 Å². The number of furan rings is 1. The maximum absolute atomic E-state index is 12.3. The lowest BCUT2D eigenvalue weighted by molar-refractivity contribution is 0.0948. The van der Waals surface area contributed by atoms with Crippen molar-refractivity contribution < 1.29 is 9.21 Å². The van der Waals surface area contributed by atoms with Gasteiger partial charge in [-0.1, -0.05) is 29.8 Å². The van der Waals surface area contributed by atoms with Gasteiger partial charge in [0, 0.05) is 16.3 Å². The molecule has 2 aromatic heterocycles. The zero-order chi connectivity index (χ0) is 16.5. The molecule has 4 rings (SSSR count). The maximum atomic E-state index is 12.3. The number of carbonyl (C=O) groups is 1. The van der Waals surface area contributed by atoms with Crippen LogP contribution >= 0.6 is 11.6 Å². The Hall–Kier alpha value is -2.85. The first kappa shape index (κ1) is 14.7. The van der Waals surface area contributed by atoms with Gasteiger partial charge >= 0.3 is 0 Å². The fourth-order valence-electron chi connectivity index (χ4n) is 2.64. The molecule has 0 saturated carbocycles. The highest BCUT2D eigenvalue weighted by molar-refractivity contribution is 6.29. The molecule has 0 aliphatic carbocycles. The lowest BCUT2D eigenvalue weighted by Gasteiger charge is -2.05. The number of nitrogens with zero attached hydrogens (tertiary/aromatic N) is 1. The Morgan fingerprint density at radius 3 is 2.79 bits per heavy atom. The molecule has 0 fully saturated rings. The van der Waals surface area contributed by atoms with Crippen LogP contribution in [0.25, 0.3) is 21.9 Å². The lowest BCUT2D eigenvalue weighted by atomic mass is 10.1. The fourth-order valence-corrected chi connectivity index (χ4v) is 2.79. The molecule has 0 saturated heterocycles. The summed E-state index contributed by atoms with van der Waals surface area (Å²) in [5.41, 5.74) is 2.15. The number of halogens is 1. The third-order valence-corrected chi connectivity index (χ3v) is 4.03. The van der Waals surface area contributed by atoms with Gasteiger partial charge in [0.05, 0.1) is 12.1 Å². The molecule has 0 aliphatic rings. The van der Waals surface area contributed by atoms with E-state index in [1.54, 1.807) is 24.3 Å². The topological polar surface area (TPSA) is 55.1 Å². The minimum Gasteiger partial charge on any atom is -0.459 e. The molecule has 2 heterocycles. The van der Waals surface area contributed by atoms with Crippen molar-refractivity contribution in [1.29, 1.82) is 0 Å². The molecule has 0 aliphatic heterocycles. The van der Waals surface area contributed by atoms with Gasteiger partial charge in [-0.2, -0.15) is 0 Å². The largest absolute Gasteiger partial charge is 0.459 e. The zero-order valence-electron chi connectivity index (χ0n) is 12.6. The lowest BCUT2D eigenvalue weighted by Crippen LogP contribution is -2.22. The summed E-state index contributed by atoms with van der Waals surface area (Å²) in [5.74, 6) is 0.561. The van der Waals surface area contributed by atoms with Crippen molar-refractivity contribution in [3.63, 3.8) is 0 Å². The molecule has 0 atom stereocenters. The highest BCUT2D eigenvalue weighted by Crippen LogP contribution is 2.19. The van der Waals surface area contributed by atoms with Crippen molar-refractivity contribution in [3.8, 4) is 0 Å². The predicted octanol–water partition coefficient (Wildman–Crippen LogP) is 4.56. The first-order valence-electron chi connectivity index (χ1n) is 7.51. The summed E-state index contributed by atoms with van der Waals surface area (Å²) in [4.78, 5) is 16.6. The molecule has 118 valence electrons. The minimum atomic E-state index is -0.160. The summed E-state index contributed by atoms with van der Waals surface area (Å²) in [6.45, 7) is 0.338. The average molecular weight is 337 g/mol. The molecule has 0 spiro atoms. The van der Waals surface area contributed by atoms with Crippen LogP contribution in [0.4, 0.5) is 0 Å². The SMILES string of the molecule is O=C(NCc1cc2ccccc2o1)c1ccc2nc(Cl)ccc2c1. The van der Waals surface area contributed by atoms with Gasteiger partial charge < -0.3 is 9.73 Å². The number of amides is 1. The second-order valence-electron chi connectivity index (χ2n) is 5.47. The van der Waals surface area contributed by atoms with Gasteiger partial charge in [0.25, 0.3) is 5.91 Å². The first-order chi connectivity index (χ1) is 11.7. The number of para-hydroxylation sites is 1. The molecule has 24 heavy (non-hydrogen) atoms. The fraction of sp³-hybridized carbons (Fsp3) is 0.0526. The normalized spacial score (nSPS) is 11.0. The molecular formula is C19H13ClN2O2. The molecule has 4 nitrogen and oxygen atoms in total. The number of rotatable bonds is 3. The van der Waals surface area contributed by atoms with Crippen LogP contribution in [0.5, 0.6) is 0 Å². The number of nitrogens with one attached hydrogen (secondary N) is 1.